The summed E-state index contributed by atoms with van der Waals surface area (Å²) in [5.41, 5.74) is 2.78. The van der Waals surface area contributed by atoms with Gasteiger partial charge in [0.1, 0.15) is 30.8 Å². The molecule has 0 aliphatic heterocycles. The molecule has 2 rings (SSSR count). The Bertz CT molecular complexity index is 662. The molecule has 0 unspecified atom stereocenters. The molecule has 5 heteroatoms. The van der Waals surface area contributed by atoms with Crippen molar-refractivity contribution in [1.82, 2.24) is 0 Å². The van der Waals surface area contributed by atoms with Crippen molar-refractivity contribution < 1.29 is 19.4 Å². The van der Waals surface area contributed by atoms with Crippen LogP contribution >= 0.6 is 0 Å². The van der Waals surface area contributed by atoms with Gasteiger partial charge in [-0.15, -0.1) is 0 Å². The molecule has 0 fully saturated rings. The van der Waals surface area contributed by atoms with E-state index in [9.17, 15) is 9.90 Å². The van der Waals surface area contributed by atoms with Gasteiger partial charge in [0.2, 0.25) is 5.91 Å². The summed E-state index contributed by atoms with van der Waals surface area (Å²) >= 11 is 0. The molecule has 0 aliphatic rings. The van der Waals surface area contributed by atoms with Gasteiger partial charge >= 0.3 is 0 Å². The molecule has 1 atom stereocenters. The van der Waals surface area contributed by atoms with Gasteiger partial charge in [-0.3, -0.25) is 4.79 Å². The highest BCUT2D eigenvalue weighted by molar-refractivity contribution is 5.88. The van der Waals surface area contributed by atoms with Crippen LogP contribution in [0.4, 0.5) is 5.69 Å². The first-order valence-electron chi connectivity index (χ1n) is 7.83. The third-order valence-electron chi connectivity index (χ3n) is 3.45. The van der Waals surface area contributed by atoms with Crippen LogP contribution in [-0.4, -0.2) is 30.3 Å². The van der Waals surface area contributed by atoms with E-state index in [0.29, 0.717) is 11.4 Å². The van der Waals surface area contributed by atoms with E-state index in [2.05, 4.69) is 5.32 Å². The number of carbonyl (C=O) groups excluding carboxylic acids is 1. The van der Waals surface area contributed by atoms with Crippen LogP contribution in [0.5, 0.6) is 11.5 Å². The SMILES string of the molecule is CC(=O)Nc1ccc(OC[C@H](O)COc2c(C)cccc2C)cc1. The molecule has 5 nitrogen and oxygen atoms in total. The number of aliphatic hydroxyl groups excluding tert-OH is 1. The number of aliphatic hydroxyl groups is 1. The Morgan fingerprint density at radius 2 is 1.62 bits per heavy atom. The van der Waals surface area contributed by atoms with Crippen molar-refractivity contribution in [3.63, 3.8) is 0 Å². The van der Waals surface area contributed by atoms with E-state index < -0.39 is 6.10 Å². The molecule has 0 saturated heterocycles. The van der Waals surface area contributed by atoms with Gasteiger partial charge in [-0.1, -0.05) is 18.2 Å². The lowest BCUT2D eigenvalue weighted by Crippen LogP contribution is -2.25. The Balaban J connectivity index is 1.80. The number of amides is 1. The van der Waals surface area contributed by atoms with Gasteiger partial charge < -0.3 is 19.9 Å². The van der Waals surface area contributed by atoms with Gasteiger partial charge in [0.05, 0.1) is 0 Å². The Labute approximate surface area is 142 Å². The molecule has 0 bridgehead atoms. The zero-order chi connectivity index (χ0) is 17.5. The van der Waals surface area contributed by atoms with Crippen LogP contribution in [0.1, 0.15) is 18.1 Å². The maximum atomic E-state index is 11.0. The molecular formula is C19H23NO4. The third kappa shape index (κ3) is 5.28. The smallest absolute Gasteiger partial charge is 0.221 e. The van der Waals surface area contributed by atoms with Crippen molar-refractivity contribution in [3.8, 4) is 11.5 Å². The number of ether oxygens (including phenoxy) is 2. The minimum atomic E-state index is -0.737. The molecule has 0 spiro atoms. The molecule has 0 aliphatic carbocycles. The second-order valence-electron chi connectivity index (χ2n) is 5.70. The number of anilines is 1. The summed E-state index contributed by atoms with van der Waals surface area (Å²) in [6.07, 6.45) is -0.737. The number of benzene rings is 2. The van der Waals surface area contributed by atoms with E-state index in [1.165, 1.54) is 6.92 Å². The second kappa shape index (κ2) is 8.36. The lowest BCUT2D eigenvalue weighted by molar-refractivity contribution is -0.114. The number of aryl methyl sites for hydroxylation is 2. The molecule has 128 valence electrons. The first kappa shape index (κ1) is 17.8. The monoisotopic (exact) mass is 329 g/mol. The number of hydrogen-bond donors (Lipinski definition) is 2. The molecule has 2 N–H and O–H groups in total. The lowest BCUT2D eigenvalue weighted by Gasteiger charge is -2.16. The van der Waals surface area contributed by atoms with Crippen LogP contribution in [0.3, 0.4) is 0 Å². The van der Waals surface area contributed by atoms with Gasteiger partial charge in [-0.25, -0.2) is 0 Å². The molecule has 0 radical (unpaired) electrons. The number of nitrogens with one attached hydrogen (secondary N) is 1. The summed E-state index contributed by atoms with van der Waals surface area (Å²) < 4.78 is 11.2. The minimum absolute atomic E-state index is 0.122. The number of hydrogen-bond acceptors (Lipinski definition) is 4. The van der Waals surface area contributed by atoms with Crippen LogP contribution in [0.15, 0.2) is 42.5 Å². The molecule has 24 heavy (non-hydrogen) atoms. The minimum Gasteiger partial charge on any atom is -0.491 e. The van der Waals surface area contributed by atoms with Gasteiger partial charge in [0.15, 0.2) is 0 Å². The van der Waals surface area contributed by atoms with Crippen LogP contribution in [0, 0.1) is 13.8 Å². The number of carbonyl (C=O) groups is 1. The summed E-state index contributed by atoms with van der Waals surface area (Å²) in [7, 11) is 0. The van der Waals surface area contributed by atoms with E-state index in [0.717, 1.165) is 16.9 Å². The molecule has 1 amide bonds. The third-order valence-corrected chi connectivity index (χ3v) is 3.45. The fraction of sp³-hybridized carbons (Fsp3) is 0.316. The highest BCUT2D eigenvalue weighted by atomic mass is 16.5. The zero-order valence-electron chi connectivity index (χ0n) is 14.2. The van der Waals surface area contributed by atoms with Crippen molar-refractivity contribution in [2.45, 2.75) is 26.9 Å². The van der Waals surface area contributed by atoms with E-state index in [1.807, 2.05) is 32.0 Å². The fourth-order valence-corrected chi connectivity index (χ4v) is 2.28. The van der Waals surface area contributed by atoms with Gasteiger partial charge in [0.25, 0.3) is 0 Å². The fourth-order valence-electron chi connectivity index (χ4n) is 2.28. The molecular weight excluding hydrogens is 306 g/mol. The van der Waals surface area contributed by atoms with Crippen LogP contribution < -0.4 is 14.8 Å². The van der Waals surface area contributed by atoms with Gasteiger partial charge in [0, 0.05) is 12.6 Å². The Morgan fingerprint density at radius 3 is 2.21 bits per heavy atom. The van der Waals surface area contributed by atoms with Crippen LogP contribution in [-0.2, 0) is 4.79 Å². The Kier molecular flexibility index (Phi) is 6.21. The van der Waals surface area contributed by atoms with Crippen molar-refractivity contribution in [1.29, 1.82) is 0 Å². The average molecular weight is 329 g/mol. The summed E-state index contributed by atoms with van der Waals surface area (Å²) in [6, 6.07) is 12.9. The van der Waals surface area contributed by atoms with E-state index >= 15 is 0 Å². The Hall–Kier alpha value is -2.53. The largest absolute Gasteiger partial charge is 0.491 e. The van der Waals surface area contributed by atoms with Crippen molar-refractivity contribution >= 4 is 11.6 Å². The van der Waals surface area contributed by atoms with Crippen LogP contribution in [0.25, 0.3) is 0 Å². The topological polar surface area (TPSA) is 67.8 Å². The summed E-state index contributed by atoms with van der Waals surface area (Å²) in [4.78, 5) is 11.0. The first-order valence-corrected chi connectivity index (χ1v) is 7.83. The molecule has 0 saturated carbocycles. The average Bonchev–Trinajstić information content (AvgIpc) is 2.53. The second-order valence-corrected chi connectivity index (χ2v) is 5.70. The summed E-state index contributed by atoms with van der Waals surface area (Å²) in [5.74, 6) is 1.30. The molecule has 2 aromatic carbocycles. The maximum Gasteiger partial charge on any atom is 0.221 e. The molecule has 0 heterocycles. The highest BCUT2D eigenvalue weighted by Gasteiger charge is 2.09. The van der Waals surface area contributed by atoms with E-state index in [1.54, 1.807) is 24.3 Å². The lowest BCUT2D eigenvalue weighted by atomic mass is 10.1. The molecule has 2 aromatic rings. The first-order chi connectivity index (χ1) is 11.5. The highest BCUT2D eigenvalue weighted by Crippen LogP contribution is 2.22. The van der Waals surface area contributed by atoms with E-state index in [-0.39, 0.29) is 19.1 Å². The van der Waals surface area contributed by atoms with Crippen molar-refractivity contribution in [2.24, 2.45) is 0 Å². The quantitative estimate of drug-likeness (QED) is 0.819. The Morgan fingerprint density at radius 1 is 1.04 bits per heavy atom. The van der Waals surface area contributed by atoms with E-state index in [4.69, 9.17) is 9.47 Å². The maximum absolute atomic E-state index is 11.0. The van der Waals surface area contributed by atoms with Gasteiger partial charge in [-0.2, -0.15) is 0 Å². The van der Waals surface area contributed by atoms with Gasteiger partial charge in [-0.05, 0) is 49.2 Å². The van der Waals surface area contributed by atoms with Crippen LogP contribution in [0.2, 0.25) is 0 Å². The normalized spacial score (nSPS) is 11.7. The number of rotatable bonds is 7. The standard InChI is InChI=1S/C19H23NO4/c1-13-5-4-6-14(2)19(13)24-12-17(22)11-23-18-9-7-16(8-10-18)20-15(3)21/h4-10,17,22H,11-12H2,1-3H3,(H,20,21)/t17-/m0/s1. The predicted octanol–water partition coefficient (Wildman–Crippen LogP) is 3.08. The number of para-hydroxylation sites is 1. The zero-order valence-corrected chi connectivity index (χ0v) is 14.2. The van der Waals surface area contributed by atoms with Crippen molar-refractivity contribution in [2.75, 3.05) is 18.5 Å². The summed E-state index contributed by atoms with van der Waals surface area (Å²) in [6.45, 7) is 5.70. The van der Waals surface area contributed by atoms with Crippen molar-refractivity contribution in [3.05, 3.63) is 53.6 Å². The summed E-state index contributed by atoms with van der Waals surface area (Å²) in [5, 5.41) is 12.7. The predicted molar refractivity (Wildman–Crippen MR) is 93.7 cm³/mol. The molecule has 0 aromatic heterocycles.